The highest BCUT2D eigenvalue weighted by atomic mass is 32.2. The number of rotatable bonds is 4. The molecule has 0 bridgehead atoms. The summed E-state index contributed by atoms with van der Waals surface area (Å²) in [5.74, 6) is 0. The quantitative estimate of drug-likeness (QED) is 0.576. The summed E-state index contributed by atoms with van der Waals surface area (Å²) in [4.78, 5) is 0.296. The predicted octanol–water partition coefficient (Wildman–Crippen LogP) is 4.95. The largest absolute Gasteiger partial charge is 0.244 e. The lowest BCUT2D eigenvalue weighted by molar-refractivity contribution is 0.606. The van der Waals surface area contributed by atoms with Gasteiger partial charge in [-0.05, 0) is 35.7 Å². The average molecular weight is 337 g/mol. The van der Waals surface area contributed by atoms with Crippen LogP contribution in [-0.2, 0) is 9.84 Å². The number of hydrogen-bond acceptors (Lipinski definition) is 2. The molecule has 1 aromatic carbocycles. The summed E-state index contributed by atoms with van der Waals surface area (Å²) in [6, 6.07) is 6.91. The lowest BCUT2D eigenvalue weighted by atomic mass is 10.2. The van der Waals surface area contributed by atoms with E-state index in [1.807, 2.05) is 19.1 Å². The highest BCUT2D eigenvalue weighted by molar-refractivity contribution is 7.96. The highest BCUT2D eigenvalue weighted by Gasteiger charge is 2.42. The topological polar surface area (TPSA) is 34.1 Å². The first kappa shape index (κ1) is 19.0. The summed E-state index contributed by atoms with van der Waals surface area (Å²) >= 11 is 0. The number of hydrogen-bond donors (Lipinski definition) is 0. The Hall–Kier alpha value is -1.05. The van der Waals surface area contributed by atoms with E-state index in [1.54, 1.807) is 12.1 Å². The Morgan fingerprint density at radius 1 is 0.864 bits per heavy atom. The second-order valence-corrected chi connectivity index (χ2v) is 14.2. The van der Waals surface area contributed by atoms with Crippen molar-refractivity contribution in [3.63, 3.8) is 0 Å². The predicted molar refractivity (Wildman–Crippen MR) is 97.2 cm³/mol. The van der Waals surface area contributed by atoms with Gasteiger partial charge in [0.05, 0.1) is 4.90 Å². The third-order valence-corrected chi connectivity index (χ3v) is 12.3. The van der Waals surface area contributed by atoms with Gasteiger partial charge in [0.1, 0.15) is 8.07 Å². The summed E-state index contributed by atoms with van der Waals surface area (Å²) in [7, 11) is -5.56. The van der Waals surface area contributed by atoms with E-state index < -0.39 is 17.9 Å². The standard InChI is InChI=1S/C18H28O2SSi/c1-14(2)22(15(3)4,16(5)6)13-12-21(19,20)18-10-8-17(7)9-11-18/h8-11,14-16H,1-7H3. The molecule has 22 heavy (non-hydrogen) atoms. The molecule has 1 aromatic rings. The number of benzene rings is 1. The molecule has 0 atom stereocenters. The van der Waals surface area contributed by atoms with Gasteiger partial charge < -0.3 is 0 Å². The van der Waals surface area contributed by atoms with E-state index in [0.717, 1.165) is 5.56 Å². The Morgan fingerprint density at radius 2 is 1.27 bits per heavy atom. The van der Waals surface area contributed by atoms with E-state index in [0.29, 0.717) is 21.5 Å². The lowest BCUT2D eigenvalue weighted by Crippen LogP contribution is -2.43. The van der Waals surface area contributed by atoms with E-state index in [-0.39, 0.29) is 0 Å². The minimum absolute atomic E-state index is 0.296. The maximum atomic E-state index is 12.5. The second kappa shape index (κ2) is 7.02. The zero-order chi connectivity index (χ0) is 17.1. The van der Waals surface area contributed by atoms with Crippen LogP contribution in [0.5, 0.6) is 0 Å². The Balaban J connectivity index is 3.36. The Morgan fingerprint density at radius 3 is 1.64 bits per heavy atom. The van der Waals surface area contributed by atoms with Crippen LogP contribution in [0.4, 0.5) is 0 Å². The van der Waals surface area contributed by atoms with Crippen molar-refractivity contribution < 1.29 is 8.42 Å². The SMILES string of the molecule is Cc1ccc(S(=O)(=O)C#C[Si](C(C)C)(C(C)C)C(C)C)cc1. The van der Waals surface area contributed by atoms with E-state index in [1.165, 1.54) is 0 Å². The van der Waals surface area contributed by atoms with Crippen molar-refractivity contribution in [1.29, 1.82) is 0 Å². The van der Waals surface area contributed by atoms with Crippen molar-refractivity contribution in [2.24, 2.45) is 0 Å². The zero-order valence-electron chi connectivity index (χ0n) is 14.8. The molecule has 122 valence electrons. The molecule has 4 heteroatoms. The van der Waals surface area contributed by atoms with Crippen LogP contribution in [0.15, 0.2) is 29.2 Å². The normalized spacial score (nSPS) is 12.6. The Labute approximate surface area is 137 Å². The maximum absolute atomic E-state index is 12.5. The van der Waals surface area contributed by atoms with Crippen molar-refractivity contribution in [1.82, 2.24) is 0 Å². The minimum atomic E-state index is -3.54. The van der Waals surface area contributed by atoms with Crippen LogP contribution in [-0.4, -0.2) is 16.5 Å². The van der Waals surface area contributed by atoms with E-state index >= 15 is 0 Å². The van der Waals surface area contributed by atoms with Crippen LogP contribution in [0.3, 0.4) is 0 Å². The molecule has 0 heterocycles. The summed E-state index contributed by atoms with van der Waals surface area (Å²) in [5.41, 5.74) is 5.60. The van der Waals surface area contributed by atoms with Crippen molar-refractivity contribution in [3.8, 4) is 10.8 Å². The summed E-state index contributed by atoms with van der Waals surface area (Å²) in [6.07, 6.45) is 0. The zero-order valence-corrected chi connectivity index (χ0v) is 16.6. The van der Waals surface area contributed by atoms with E-state index in [4.69, 9.17) is 0 Å². The van der Waals surface area contributed by atoms with E-state index in [2.05, 4.69) is 52.3 Å². The molecular formula is C18H28O2SSi. The van der Waals surface area contributed by atoms with Crippen molar-refractivity contribution in [2.45, 2.75) is 70.0 Å². The van der Waals surface area contributed by atoms with E-state index in [9.17, 15) is 8.42 Å². The van der Waals surface area contributed by atoms with Crippen LogP contribution in [0.2, 0.25) is 16.6 Å². The molecule has 0 saturated heterocycles. The molecule has 0 aromatic heterocycles. The third-order valence-electron chi connectivity index (χ3n) is 4.60. The molecule has 0 amide bonds. The molecule has 0 unspecified atom stereocenters. The van der Waals surface area contributed by atoms with Crippen LogP contribution < -0.4 is 0 Å². The molecule has 1 rings (SSSR count). The molecule has 0 spiro atoms. The van der Waals surface area contributed by atoms with Gasteiger partial charge in [-0.25, -0.2) is 8.42 Å². The fraction of sp³-hybridized carbons (Fsp3) is 0.556. The Bertz CT molecular complexity index is 638. The van der Waals surface area contributed by atoms with Crippen molar-refractivity contribution >= 4 is 17.9 Å². The van der Waals surface area contributed by atoms with Crippen LogP contribution >= 0.6 is 0 Å². The first-order chi connectivity index (χ1) is 10.0. The fourth-order valence-corrected chi connectivity index (χ4v) is 10.1. The minimum Gasteiger partial charge on any atom is -0.210 e. The van der Waals surface area contributed by atoms with Gasteiger partial charge in [0.25, 0.3) is 0 Å². The van der Waals surface area contributed by atoms with Gasteiger partial charge in [-0.15, -0.1) is 5.54 Å². The molecule has 0 fully saturated rings. The maximum Gasteiger partial charge on any atom is 0.244 e. The van der Waals surface area contributed by atoms with Gasteiger partial charge >= 0.3 is 0 Å². The number of sulfone groups is 1. The lowest BCUT2D eigenvalue weighted by Gasteiger charge is -2.37. The van der Waals surface area contributed by atoms with Crippen LogP contribution in [0.1, 0.15) is 47.1 Å². The molecule has 0 aliphatic rings. The van der Waals surface area contributed by atoms with Crippen LogP contribution in [0, 0.1) is 17.7 Å². The second-order valence-electron chi connectivity index (χ2n) is 6.94. The molecular weight excluding hydrogens is 308 g/mol. The van der Waals surface area contributed by atoms with Gasteiger partial charge in [-0.3, -0.25) is 0 Å². The van der Waals surface area contributed by atoms with Gasteiger partial charge in [-0.2, -0.15) is 0 Å². The van der Waals surface area contributed by atoms with Crippen LogP contribution in [0.25, 0.3) is 0 Å². The average Bonchev–Trinajstić information content (AvgIpc) is 2.38. The van der Waals surface area contributed by atoms with Gasteiger partial charge in [-0.1, -0.05) is 59.2 Å². The first-order valence-electron chi connectivity index (χ1n) is 7.89. The molecule has 2 nitrogen and oxygen atoms in total. The summed E-state index contributed by atoms with van der Waals surface area (Å²) < 4.78 is 25.0. The van der Waals surface area contributed by atoms with Gasteiger partial charge in [0, 0.05) is 5.25 Å². The molecule has 0 radical (unpaired) electrons. The molecule has 0 aliphatic carbocycles. The number of aryl methyl sites for hydroxylation is 1. The molecule has 0 saturated carbocycles. The highest BCUT2D eigenvalue weighted by Crippen LogP contribution is 2.40. The van der Waals surface area contributed by atoms with Gasteiger partial charge in [0.2, 0.25) is 9.84 Å². The molecule has 0 N–H and O–H groups in total. The Kier molecular flexibility index (Phi) is 6.06. The fourth-order valence-electron chi connectivity index (χ4n) is 3.36. The monoisotopic (exact) mass is 336 g/mol. The molecule has 0 aliphatic heterocycles. The van der Waals surface area contributed by atoms with Crippen molar-refractivity contribution in [2.75, 3.05) is 0 Å². The first-order valence-corrected chi connectivity index (χ1v) is 11.6. The smallest absolute Gasteiger partial charge is 0.210 e. The summed E-state index contributed by atoms with van der Waals surface area (Å²) in [5, 5.41) is 2.66. The third kappa shape index (κ3) is 3.82. The summed E-state index contributed by atoms with van der Waals surface area (Å²) in [6.45, 7) is 15.0. The van der Waals surface area contributed by atoms with Crippen molar-refractivity contribution in [3.05, 3.63) is 29.8 Å². The van der Waals surface area contributed by atoms with Gasteiger partial charge in [0.15, 0.2) is 0 Å².